The number of alkyl halides is 3. The summed E-state index contributed by atoms with van der Waals surface area (Å²) < 4.78 is 64.1. The highest BCUT2D eigenvalue weighted by atomic mass is 32.2. The molecule has 0 radical (unpaired) electrons. The number of rotatable bonds is 2. The fourth-order valence-electron chi connectivity index (χ4n) is 0.776. The maximum atomic E-state index is 10.7. The average Bonchev–Trinajstić information content (AvgIpc) is 2.29. The second kappa shape index (κ2) is 6.91. The lowest BCUT2D eigenvalue weighted by molar-refractivity contribution is -0.0517. The van der Waals surface area contributed by atoms with Crippen molar-refractivity contribution < 1.29 is 30.9 Å². The quantitative estimate of drug-likeness (QED) is 0.475. The van der Waals surface area contributed by atoms with E-state index >= 15 is 0 Å². The molecule has 0 bridgehead atoms. The van der Waals surface area contributed by atoms with Crippen LogP contribution in [0.25, 0.3) is 4.98 Å². The Hall–Kier alpha value is -1.86. The normalized spacial score (nSPS) is 10.9. The summed E-state index contributed by atoms with van der Waals surface area (Å²) in [5, 5.41) is 8.34. The summed E-state index contributed by atoms with van der Waals surface area (Å²) in [4.78, 5) is 3.02. The second-order valence-electron chi connectivity index (χ2n) is 2.93. The standard InChI is InChI=1S/C8H9N2O.CHF3O3S/c1-2-11-8-5-3-7(10-9)4-6-8;2-1(3,4)8(5,6)7/h3-6H,2H2,1H3;(H,5,6,7)/q+1;/p-1. The van der Waals surface area contributed by atoms with Crippen LogP contribution < -0.4 is 4.74 Å². The van der Waals surface area contributed by atoms with E-state index in [1.165, 1.54) is 0 Å². The van der Waals surface area contributed by atoms with E-state index in [1.54, 1.807) is 24.3 Å². The molecule has 19 heavy (non-hydrogen) atoms. The maximum absolute atomic E-state index is 10.7. The van der Waals surface area contributed by atoms with Crippen LogP contribution in [0.3, 0.4) is 0 Å². The summed E-state index contributed by atoms with van der Waals surface area (Å²) in [5.74, 6) is 0.792. The van der Waals surface area contributed by atoms with Crippen LogP contribution in [0.1, 0.15) is 6.92 Å². The molecule has 106 valence electrons. The Morgan fingerprint density at radius 3 is 2.00 bits per heavy atom. The van der Waals surface area contributed by atoms with Gasteiger partial charge in [-0.3, -0.25) is 0 Å². The van der Waals surface area contributed by atoms with Crippen LogP contribution in [0, 0.1) is 5.39 Å². The summed E-state index contributed by atoms with van der Waals surface area (Å²) in [5.41, 5.74) is -5.11. The van der Waals surface area contributed by atoms with Gasteiger partial charge in [0.05, 0.1) is 6.61 Å². The average molecular weight is 298 g/mol. The van der Waals surface area contributed by atoms with E-state index in [1.807, 2.05) is 6.92 Å². The Labute approximate surface area is 107 Å². The zero-order valence-electron chi connectivity index (χ0n) is 9.59. The van der Waals surface area contributed by atoms with Crippen molar-refractivity contribution in [3.8, 4) is 5.75 Å². The van der Waals surface area contributed by atoms with Crippen molar-refractivity contribution in [1.29, 1.82) is 5.39 Å². The molecule has 0 fully saturated rings. The van der Waals surface area contributed by atoms with Crippen molar-refractivity contribution in [2.75, 3.05) is 6.61 Å². The number of hydrogen-bond acceptors (Lipinski definition) is 5. The van der Waals surface area contributed by atoms with Gasteiger partial charge in [-0.15, -0.1) is 0 Å². The highest BCUT2D eigenvalue weighted by Gasteiger charge is 2.36. The topological polar surface area (TPSA) is 94.6 Å². The number of nitrogens with zero attached hydrogens (tertiary/aromatic N) is 2. The van der Waals surface area contributed by atoms with Crippen LogP contribution in [-0.4, -0.2) is 25.1 Å². The van der Waals surface area contributed by atoms with Crippen LogP contribution in [0.2, 0.25) is 0 Å². The van der Waals surface area contributed by atoms with E-state index in [-0.39, 0.29) is 0 Å². The fourth-order valence-corrected chi connectivity index (χ4v) is 0.776. The molecular formula is C9H9F3N2O4S. The molecule has 1 rings (SSSR count). The third kappa shape index (κ3) is 6.58. The van der Waals surface area contributed by atoms with E-state index in [0.29, 0.717) is 12.3 Å². The highest BCUT2D eigenvalue weighted by molar-refractivity contribution is 7.86. The largest absolute Gasteiger partial charge is 0.741 e. The molecule has 6 nitrogen and oxygen atoms in total. The molecule has 0 heterocycles. The number of halogens is 3. The number of hydrogen-bond donors (Lipinski definition) is 0. The first-order chi connectivity index (χ1) is 8.61. The maximum Gasteiger partial charge on any atom is 0.485 e. The predicted molar refractivity (Wildman–Crippen MR) is 58.1 cm³/mol. The van der Waals surface area contributed by atoms with Crippen molar-refractivity contribution in [3.05, 3.63) is 29.2 Å². The second-order valence-corrected chi connectivity index (χ2v) is 4.30. The Kier molecular flexibility index (Phi) is 6.23. The van der Waals surface area contributed by atoms with Gasteiger partial charge in [0.25, 0.3) is 0 Å². The lowest BCUT2D eigenvalue weighted by Gasteiger charge is -2.08. The Morgan fingerprint density at radius 1 is 1.32 bits per heavy atom. The summed E-state index contributed by atoms with van der Waals surface area (Å²) >= 11 is 0. The van der Waals surface area contributed by atoms with Crippen LogP contribution in [0.15, 0.2) is 24.3 Å². The van der Waals surface area contributed by atoms with Crippen molar-refractivity contribution in [2.45, 2.75) is 12.4 Å². The van der Waals surface area contributed by atoms with Crippen LogP contribution in [0.5, 0.6) is 5.75 Å². The molecule has 1 aromatic carbocycles. The first kappa shape index (κ1) is 17.1. The van der Waals surface area contributed by atoms with Gasteiger partial charge >= 0.3 is 11.2 Å². The molecule has 0 N–H and O–H groups in total. The summed E-state index contributed by atoms with van der Waals surface area (Å²) in [6.45, 7) is 2.57. The van der Waals surface area contributed by atoms with Crippen LogP contribution >= 0.6 is 0 Å². The van der Waals surface area contributed by atoms with E-state index in [9.17, 15) is 13.2 Å². The monoisotopic (exact) mass is 298 g/mol. The first-order valence-electron chi connectivity index (χ1n) is 4.72. The van der Waals surface area contributed by atoms with E-state index < -0.39 is 15.6 Å². The minimum absolute atomic E-state index is 0.536. The summed E-state index contributed by atoms with van der Waals surface area (Å²) in [6, 6.07) is 6.90. The number of diazo groups is 1. The van der Waals surface area contributed by atoms with Crippen molar-refractivity contribution in [2.24, 2.45) is 0 Å². The van der Waals surface area contributed by atoms with Crippen LogP contribution in [-0.2, 0) is 10.1 Å². The van der Waals surface area contributed by atoms with Gasteiger partial charge in [0.1, 0.15) is 5.75 Å². The molecule has 0 saturated carbocycles. The fraction of sp³-hybridized carbons (Fsp3) is 0.333. The van der Waals surface area contributed by atoms with E-state index in [2.05, 4.69) is 4.98 Å². The zero-order valence-corrected chi connectivity index (χ0v) is 10.4. The Bertz CT molecular complexity index is 534. The SMILES string of the molecule is CCOc1ccc([N+]#N)cc1.O=S(=O)([O-])C(F)(F)F. The first-order valence-corrected chi connectivity index (χ1v) is 6.12. The molecule has 10 heteroatoms. The molecule has 0 aliphatic rings. The summed E-state index contributed by atoms with van der Waals surface area (Å²) in [6.07, 6.45) is 0. The zero-order chi connectivity index (χ0) is 15.1. The highest BCUT2D eigenvalue weighted by Crippen LogP contribution is 2.20. The molecule has 0 aliphatic heterocycles. The molecule has 0 atom stereocenters. The van der Waals surface area contributed by atoms with Gasteiger partial charge in [-0.1, -0.05) is 0 Å². The molecular weight excluding hydrogens is 289 g/mol. The molecule has 0 aliphatic carbocycles. The van der Waals surface area contributed by atoms with Gasteiger partial charge in [-0.25, -0.2) is 8.42 Å². The molecule has 0 amide bonds. The van der Waals surface area contributed by atoms with E-state index in [0.717, 1.165) is 5.75 Å². The predicted octanol–water partition coefficient (Wildman–Crippen LogP) is 2.62. The summed E-state index contributed by atoms with van der Waals surface area (Å²) in [7, 11) is -6.09. The minimum atomic E-state index is -6.09. The third-order valence-electron chi connectivity index (χ3n) is 1.55. The van der Waals surface area contributed by atoms with Gasteiger partial charge in [0.15, 0.2) is 15.1 Å². The van der Waals surface area contributed by atoms with Crippen molar-refractivity contribution in [1.82, 2.24) is 0 Å². The van der Waals surface area contributed by atoms with Gasteiger partial charge in [0, 0.05) is 12.1 Å². The lowest BCUT2D eigenvalue weighted by atomic mass is 10.3. The van der Waals surface area contributed by atoms with E-state index in [4.69, 9.17) is 23.1 Å². The Morgan fingerprint density at radius 2 is 1.74 bits per heavy atom. The van der Waals surface area contributed by atoms with Gasteiger partial charge in [0.2, 0.25) is 5.39 Å². The minimum Gasteiger partial charge on any atom is -0.741 e. The molecule has 0 unspecified atom stereocenters. The molecule has 0 spiro atoms. The number of ether oxygens (including phenoxy) is 1. The molecule has 0 aromatic heterocycles. The number of benzene rings is 1. The van der Waals surface area contributed by atoms with Crippen LogP contribution in [0.4, 0.5) is 18.9 Å². The van der Waals surface area contributed by atoms with Gasteiger partial charge in [-0.2, -0.15) is 13.2 Å². The smallest absolute Gasteiger partial charge is 0.485 e. The third-order valence-corrected chi connectivity index (χ3v) is 2.11. The van der Waals surface area contributed by atoms with Crippen molar-refractivity contribution in [3.63, 3.8) is 0 Å². The molecule has 1 aromatic rings. The van der Waals surface area contributed by atoms with Gasteiger partial charge < -0.3 is 9.29 Å². The Balaban J connectivity index is 0.000000362. The van der Waals surface area contributed by atoms with Crippen molar-refractivity contribution >= 4 is 15.8 Å². The lowest BCUT2D eigenvalue weighted by Crippen LogP contribution is -2.21. The van der Waals surface area contributed by atoms with Gasteiger partial charge in [-0.05, 0) is 19.1 Å². The molecule has 0 saturated heterocycles.